The van der Waals surface area contributed by atoms with E-state index in [2.05, 4.69) is 19.1 Å². The summed E-state index contributed by atoms with van der Waals surface area (Å²) in [5.41, 5.74) is 1.62. The summed E-state index contributed by atoms with van der Waals surface area (Å²) in [6, 6.07) is 0. The average molecular weight is 164 g/mol. The number of ether oxygens (including phenoxy) is 1. The molecular formula is C11H16O. The van der Waals surface area contributed by atoms with Gasteiger partial charge < -0.3 is 4.74 Å². The van der Waals surface area contributed by atoms with Crippen molar-refractivity contribution in [1.29, 1.82) is 0 Å². The zero-order valence-electron chi connectivity index (χ0n) is 7.84. The molecule has 1 nitrogen and oxygen atoms in total. The van der Waals surface area contributed by atoms with Crippen LogP contribution >= 0.6 is 0 Å². The van der Waals surface area contributed by atoms with Crippen LogP contribution in [0, 0.1) is 11.8 Å². The zero-order chi connectivity index (χ0) is 8.55. The molecule has 0 fully saturated rings. The van der Waals surface area contributed by atoms with Crippen LogP contribution < -0.4 is 0 Å². The Bertz CT molecular complexity index is 211. The summed E-state index contributed by atoms with van der Waals surface area (Å²) in [5.74, 6) is 2.48. The van der Waals surface area contributed by atoms with Crippen LogP contribution in [0.2, 0.25) is 0 Å². The van der Waals surface area contributed by atoms with Crippen LogP contribution in [0.1, 0.15) is 26.2 Å². The molecule has 3 rings (SSSR count). The van der Waals surface area contributed by atoms with Crippen LogP contribution in [0.15, 0.2) is 23.5 Å². The lowest BCUT2D eigenvalue weighted by atomic mass is 9.75. The van der Waals surface area contributed by atoms with Crippen molar-refractivity contribution in [2.75, 3.05) is 7.11 Å². The lowest BCUT2D eigenvalue weighted by Crippen LogP contribution is -2.21. The van der Waals surface area contributed by atoms with Gasteiger partial charge in [0.15, 0.2) is 0 Å². The lowest BCUT2D eigenvalue weighted by Gasteiger charge is -2.33. The van der Waals surface area contributed by atoms with E-state index in [1.165, 1.54) is 25.0 Å². The van der Waals surface area contributed by atoms with Gasteiger partial charge in [-0.3, -0.25) is 0 Å². The number of rotatable bonds is 2. The van der Waals surface area contributed by atoms with Gasteiger partial charge in [-0.25, -0.2) is 0 Å². The maximum atomic E-state index is 5.33. The molecular weight excluding hydrogens is 148 g/mol. The lowest BCUT2D eigenvalue weighted by molar-refractivity contribution is 0.227. The van der Waals surface area contributed by atoms with Gasteiger partial charge in [0.1, 0.15) is 0 Å². The van der Waals surface area contributed by atoms with Crippen molar-refractivity contribution in [3.8, 4) is 0 Å². The summed E-state index contributed by atoms with van der Waals surface area (Å²) in [6.45, 7) is 2.24. The van der Waals surface area contributed by atoms with E-state index in [1.807, 2.05) is 0 Å². The predicted molar refractivity (Wildman–Crippen MR) is 49.7 cm³/mol. The quantitative estimate of drug-likeness (QED) is 0.570. The molecule has 0 aromatic heterocycles. The van der Waals surface area contributed by atoms with Crippen LogP contribution in [-0.4, -0.2) is 7.11 Å². The second-order valence-corrected chi connectivity index (χ2v) is 3.66. The third-order valence-corrected chi connectivity index (χ3v) is 3.06. The SMILES string of the molecule is CCC1=CC2CCC1C=C2OC. The van der Waals surface area contributed by atoms with Crippen molar-refractivity contribution >= 4 is 0 Å². The molecule has 0 saturated heterocycles. The second kappa shape index (κ2) is 2.96. The molecule has 66 valence electrons. The first-order valence-corrected chi connectivity index (χ1v) is 4.81. The van der Waals surface area contributed by atoms with Crippen LogP contribution in [0.5, 0.6) is 0 Å². The van der Waals surface area contributed by atoms with Crippen molar-refractivity contribution in [2.24, 2.45) is 11.8 Å². The van der Waals surface area contributed by atoms with E-state index in [9.17, 15) is 0 Å². The van der Waals surface area contributed by atoms with Crippen LogP contribution in [0.25, 0.3) is 0 Å². The first kappa shape index (κ1) is 7.90. The normalized spacial score (nSPS) is 32.8. The van der Waals surface area contributed by atoms with Gasteiger partial charge in [-0.1, -0.05) is 18.6 Å². The fraction of sp³-hybridized carbons (Fsp3) is 0.636. The Morgan fingerprint density at radius 3 is 2.58 bits per heavy atom. The summed E-state index contributed by atoms with van der Waals surface area (Å²) in [7, 11) is 1.78. The largest absolute Gasteiger partial charge is 0.501 e. The number of allylic oxidation sites excluding steroid dienone is 3. The number of methoxy groups -OCH3 is 1. The molecule has 2 atom stereocenters. The summed E-state index contributed by atoms with van der Waals surface area (Å²) in [4.78, 5) is 0. The summed E-state index contributed by atoms with van der Waals surface area (Å²) in [5, 5.41) is 0. The summed E-state index contributed by atoms with van der Waals surface area (Å²) < 4.78 is 5.33. The third-order valence-electron chi connectivity index (χ3n) is 3.06. The van der Waals surface area contributed by atoms with Gasteiger partial charge >= 0.3 is 0 Å². The molecule has 1 heteroatoms. The molecule has 0 N–H and O–H groups in total. The van der Waals surface area contributed by atoms with Crippen molar-refractivity contribution < 1.29 is 4.74 Å². The van der Waals surface area contributed by atoms with Crippen LogP contribution in [0.3, 0.4) is 0 Å². The minimum atomic E-state index is 0.593. The number of hydrogen-bond acceptors (Lipinski definition) is 1. The van der Waals surface area contributed by atoms with E-state index in [0.717, 1.165) is 0 Å². The smallest absolute Gasteiger partial charge is 0.0990 e. The van der Waals surface area contributed by atoms with Gasteiger partial charge in [-0.15, -0.1) is 0 Å². The topological polar surface area (TPSA) is 9.23 Å². The highest BCUT2D eigenvalue weighted by Gasteiger charge is 2.29. The molecule has 12 heavy (non-hydrogen) atoms. The fourth-order valence-corrected chi connectivity index (χ4v) is 2.35. The fourth-order valence-electron chi connectivity index (χ4n) is 2.35. The van der Waals surface area contributed by atoms with E-state index in [0.29, 0.717) is 11.8 Å². The third kappa shape index (κ3) is 1.08. The Morgan fingerprint density at radius 1 is 1.33 bits per heavy atom. The molecule has 0 saturated carbocycles. The van der Waals surface area contributed by atoms with E-state index in [1.54, 1.807) is 12.7 Å². The maximum Gasteiger partial charge on any atom is 0.0990 e. The van der Waals surface area contributed by atoms with Gasteiger partial charge in [0, 0.05) is 11.8 Å². The summed E-state index contributed by atoms with van der Waals surface area (Å²) in [6.07, 6.45) is 8.54. The number of hydrogen-bond donors (Lipinski definition) is 0. The average Bonchev–Trinajstić information content (AvgIpc) is 2.18. The molecule has 0 aliphatic heterocycles. The van der Waals surface area contributed by atoms with E-state index in [4.69, 9.17) is 4.74 Å². The Labute approximate surface area is 74.1 Å². The minimum absolute atomic E-state index is 0.593. The molecule has 0 aromatic carbocycles. The Balaban J connectivity index is 2.23. The van der Waals surface area contributed by atoms with Gasteiger partial charge in [-0.2, -0.15) is 0 Å². The van der Waals surface area contributed by atoms with Crippen molar-refractivity contribution in [3.05, 3.63) is 23.5 Å². The highest BCUT2D eigenvalue weighted by Crippen LogP contribution is 2.40. The van der Waals surface area contributed by atoms with Crippen molar-refractivity contribution in [2.45, 2.75) is 26.2 Å². The monoisotopic (exact) mass is 164 g/mol. The molecule has 2 unspecified atom stereocenters. The molecule has 3 aliphatic carbocycles. The Hall–Kier alpha value is -0.720. The molecule has 0 spiro atoms. The highest BCUT2D eigenvalue weighted by atomic mass is 16.5. The Morgan fingerprint density at radius 2 is 2.08 bits per heavy atom. The van der Waals surface area contributed by atoms with Crippen LogP contribution in [0.4, 0.5) is 0 Å². The minimum Gasteiger partial charge on any atom is -0.501 e. The second-order valence-electron chi connectivity index (χ2n) is 3.66. The van der Waals surface area contributed by atoms with Gasteiger partial charge in [0.2, 0.25) is 0 Å². The first-order chi connectivity index (χ1) is 5.85. The van der Waals surface area contributed by atoms with Gasteiger partial charge in [0.05, 0.1) is 12.9 Å². The van der Waals surface area contributed by atoms with E-state index in [-0.39, 0.29) is 0 Å². The van der Waals surface area contributed by atoms with Gasteiger partial charge in [-0.05, 0) is 25.3 Å². The Kier molecular flexibility index (Phi) is 1.95. The number of fused-ring (bicyclic) bond motifs is 1. The molecule has 2 bridgehead atoms. The van der Waals surface area contributed by atoms with Gasteiger partial charge in [0.25, 0.3) is 0 Å². The molecule has 3 aliphatic rings. The molecule has 0 aromatic rings. The van der Waals surface area contributed by atoms with Crippen molar-refractivity contribution in [3.63, 3.8) is 0 Å². The standard InChI is InChI=1S/C11H16O/c1-3-8-6-10-5-4-9(8)7-11(10)12-2/h6-7,9-10H,3-5H2,1-2H3. The summed E-state index contributed by atoms with van der Waals surface area (Å²) >= 11 is 0. The first-order valence-electron chi connectivity index (χ1n) is 4.81. The molecule has 0 radical (unpaired) electrons. The highest BCUT2D eigenvalue weighted by molar-refractivity contribution is 5.29. The van der Waals surface area contributed by atoms with E-state index >= 15 is 0 Å². The van der Waals surface area contributed by atoms with E-state index < -0.39 is 0 Å². The molecule has 0 heterocycles. The van der Waals surface area contributed by atoms with Crippen molar-refractivity contribution in [1.82, 2.24) is 0 Å². The van der Waals surface area contributed by atoms with Crippen LogP contribution in [-0.2, 0) is 4.74 Å². The molecule has 0 amide bonds. The predicted octanol–water partition coefficient (Wildman–Crippen LogP) is 2.89. The maximum absolute atomic E-state index is 5.33. The zero-order valence-corrected chi connectivity index (χ0v) is 7.84.